The molecule has 3 aromatic rings. The molecule has 0 aliphatic rings. The number of benzene rings is 2. The van der Waals surface area contributed by atoms with Crippen LogP contribution in [-0.2, 0) is 9.53 Å². The van der Waals surface area contributed by atoms with Gasteiger partial charge in [0.25, 0.3) is 11.5 Å². The second-order valence-corrected chi connectivity index (χ2v) is 5.35. The molecule has 1 aromatic heterocycles. The number of nitrogens with zero attached hydrogens (tertiary/aromatic N) is 1. The van der Waals surface area contributed by atoms with E-state index >= 15 is 0 Å². The number of aromatic nitrogens is 2. The van der Waals surface area contributed by atoms with Gasteiger partial charge in [-0.3, -0.25) is 9.59 Å². The van der Waals surface area contributed by atoms with E-state index in [-0.39, 0.29) is 5.69 Å². The summed E-state index contributed by atoms with van der Waals surface area (Å²) >= 11 is 0. The second-order valence-electron chi connectivity index (χ2n) is 5.35. The zero-order chi connectivity index (χ0) is 17.8. The second kappa shape index (κ2) is 6.96. The van der Waals surface area contributed by atoms with Crippen molar-refractivity contribution in [3.05, 3.63) is 70.6 Å². The number of nitrogens with one attached hydrogen (secondary N) is 2. The molecule has 0 saturated heterocycles. The van der Waals surface area contributed by atoms with Crippen LogP contribution >= 0.6 is 0 Å². The van der Waals surface area contributed by atoms with Gasteiger partial charge in [-0.15, -0.1) is 0 Å². The van der Waals surface area contributed by atoms with Crippen LogP contribution in [0.3, 0.4) is 0 Å². The van der Waals surface area contributed by atoms with Crippen LogP contribution in [0.1, 0.15) is 17.4 Å². The molecule has 0 saturated carbocycles. The van der Waals surface area contributed by atoms with Crippen molar-refractivity contribution in [3.63, 3.8) is 0 Å². The van der Waals surface area contributed by atoms with Gasteiger partial charge < -0.3 is 10.1 Å². The maximum Gasteiger partial charge on any atom is 0.360 e. The van der Waals surface area contributed by atoms with Crippen molar-refractivity contribution in [3.8, 4) is 0 Å². The van der Waals surface area contributed by atoms with Crippen molar-refractivity contribution in [1.82, 2.24) is 10.2 Å². The number of H-pyrrole nitrogens is 1. The number of fused-ring (bicyclic) bond motifs is 1. The molecule has 126 valence electrons. The largest absolute Gasteiger partial charge is 0.448 e. The summed E-state index contributed by atoms with van der Waals surface area (Å²) in [5, 5.41) is 9.36. The van der Waals surface area contributed by atoms with E-state index in [0.717, 1.165) is 0 Å². The minimum absolute atomic E-state index is 0.0467. The van der Waals surface area contributed by atoms with Gasteiger partial charge in [0.15, 0.2) is 11.8 Å². The van der Waals surface area contributed by atoms with Gasteiger partial charge in [-0.25, -0.2) is 9.89 Å². The maximum atomic E-state index is 12.4. The number of hydrogen-bond donors (Lipinski definition) is 2. The Morgan fingerprint density at radius 3 is 2.40 bits per heavy atom. The van der Waals surface area contributed by atoms with Gasteiger partial charge in [0.05, 0.1) is 5.39 Å². The summed E-state index contributed by atoms with van der Waals surface area (Å²) < 4.78 is 5.18. The number of anilines is 1. The Kier molecular flexibility index (Phi) is 4.56. The van der Waals surface area contributed by atoms with Crippen molar-refractivity contribution in [2.24, 2.45) is 0 Å². The van der Waals surface area contributed by atoms with Crippen molar-refractivity contribution in [1.29, 1.82) is 0 Å². The molecule has 0 aliphatic heterocycles. The number of ether oxygens (including phenoxy) is 1. The molecule has 0 aliphatic carbocycles. The van der Waals surface area contributed by atoms with Crippen LogP contribution in [0.15, 0.2) is 59.4 Å². The summed E-state index contributed by atoms with van der Waals surface area (Å²) in [5.74, 6) is -1.25. The predicted molar refractivity (Wildman–Crippen MR) is 92.3 cm³/mol. The van der Waals surface area contributed by atoms with Crippen LogP contribution in [0, 0.1) is 0 Å². The number of hydrogen-bond acceptors (Lipinski definition) is 5. The molecule has 0 unspecified atom stereocenters. The Morgan fingerprint density at radius 1 is 1.04 bits per heavy atom. The third-order valence-electron chi connectivity index (χ3n) is 3.58. The Hall–Kier alpha value is -3.48. The monoisotopic (exact) mass is 337 g/mol. The van der Waals surface area contributed by atoms with Crippen LogP contribution in [0.25, 0.3) is 10.8 Å². The van der Waals surface area contributed by atoms with E-state index < -0.39 is 23.5 Å². The molecule has 0 bridgehead atoms. The fourth-order valence-electron chi connectivity index (χ4n) is 2.31. The van der Waals surface area contributed by atoms with Gasteiger partial charge in [0.2, 0.25) is 0 Å². The molecule has 2 aromatic carbocycles. The standard InChI is InChI=1S/C18H15N3O4/c1-11(16(22)19-12-7-3-2-4-8-12)25-18(24)15-13-9-5-6-10-14(13)17(23)21-20-15/h2-11H,1H3,(H,19,22)(H,21,23)/t11-/m1/s1. The number of amides is 1. The number of rotatable bonds is 4. The highest BCUT2D eigenvalue weighted by Gasteiger charge is 2.22. The van der Waals surface area contributed by atoms with E-state index in [9.17, 15) is 14.4 Å². The Labute approximate surface area is 142 Å². The molecule has 3 rings (SSSR count). The lowest BCUT2D eigenvalue weighted by Gasteiger charge is -2.13. The molecule has 1 heterocycles. The Bertz CT molecular complexity index is 982. The minimum atomic E-state index is -1.03. The molecule has 7 nitrogen and oxygen atoms in total. The van der Waals surface area contributed by atoms with E-state index in [4.69, 9.17) is 4.74 Å². The lowest BCUT2D eigenvalue weighted by Crippen LogP contribution is -2.30. The van der Waals surface area contributed by atoms with Gasteiger partial charge in [0.1, 0.15) is 0 Å². The van der Waals surface area contributed by atoms with Crippen LogP contribution in [-0.4, -0.2) is 28.2 Å². The first-order valence-electron chi connectivity index (χ1n) is 7.60. The van der Waals surface area contributed by atoms with E-state index in [1.54, 1.807) is 48.5 Å². The third-order valence-corrected chi connectivity index (χ3v) is 3.58. The Morgan fingerprint density at radius 2 is 1.68 bits per heavy atom. The fourth-order valence-corrected chi connectivity index (χ4v) is 2.31. The highest BCUT2D eigenvalue weighted by Crippen LogP contribution is 2.14. The first-order chi connectivity index (χ1) is 12.1. The lowest BCUT2D eigenvalue weighted by molar-refractivity contribution is -0.123. The maximum absolute atomic E-state index is 12.4. The summed E-state index contributed by atoms with van der Waals surface area (Å²) in [6.45, 7) is 1.46. The van der Waals surface area contributed by atoms with Crippen molar-refractivity contribution < 1.29 is 14.3 Å². The van der Waals surface area contributed by atoms with Gasteiger partial charge in [-0.2, -0.15) is 5.10 Å². The minimum Gasteiger partial charge on any atom is -0.448 e. The number of esters is 1. The summed E-state index contributed by atoms with van der Waals surface area (Å²) in [7, 11) is 0. The smallest absolute Gasteiger partial charge is 0.360 e. The molecule has 2 N–H and O–H groups in total. The van der Waals surface area contributed by atoms with Crippen molar-refractivity contribution in [2.45, 2.75) is 13.0 Å². The molecule has 0 fully saturated rings. The normalized spacial score (nSPS) is 11.7. The van der Waals surface area contributed by atoms with Crippen molar-refractivity contribution in [2.75, 3.05) is 5.32 Å². The van der Waals surface area contributed by atoms with E-state index in [0.29, 0.717) is 16.5 Å². The highest BCUT2D eigenvalue weighted by molar-refractivity contribution is 6.03. The topological polar surface area (TPSA) is 101 Å². The average molecular weight is 337 g/mol. The highest BCUT2D eigenvalue weighted by atomic mass is 16.5. The summed E-state index contributed by atoms with van der Waals surface area (Å²) in [6, 6.07) is 15.4. The van der Waals surface area contributed by atoms with E-state index in [1.807, 2.05) is 6.07 Å². The zero-order valence-electron chi connectivity index (χ0n) is 13.4. The predicted octanol–water partition coefficient (Wildman–Crippen LogP) is 2.11. The summed E-state index contributed by atoms with van der Waals surface area (Å²) in [5.41, 5.74) is 0.152. The summed E-state index contributed by atoms with van der Waals surface area (Å²) in [4.78, 5) is 36.2. The van der Waals surface area contributed by atoms with Gasteiger partial charge >= 0.3 is 5.97 Å². The first-order valence-corrected chi connectivity index (χ1v) is 7.60. The third kappa shape index (κ3) is 3.55. The van der Waals surface area contributed by atoms with E-state index in [1.165, 1.54) is 6.92 Å². The zero-order valence-corrected chi connectivity index (χ0v) is 13.4. The van der Waals surface area contributed by atoms with E-state index in [2.05, 4.69) is 15.5 Å². The Balaban J connectivity index is 1.77. The quantitative estimate of drug-likeness (QED) is 0.710. The molecule has 1 amide bonds. The first kappa shape index (κ1) is 16.4. The molecule has 0 spiro atoms. The van der Waals surface area contributed by atoms with Crippen LogP contribution < -0.4 is 10.9 Å². The molecular formula is C18H15N3O4. The van der Waals surface area contributed by atoms with Crippen molar-refractivity contribution >= 4 is 28.3 Å². The molecule has 0 radical (unpaired) electrons. The lowest BCUT2D eigenvalue weighted by atomic mass is 10.1. The molecule has 7 heteroatoms. The number of para-hydroxylation sites is 1. The van der Waals surface area contributed by atoms with Gasteiger partial charge in [-0.05, 0) is 25.1 Å². The van der Waals surface area contributed by atoms with Crippen LogP contribution in [0.4, 0.5) is 5.69 Å². The van der Waals surface area contributed by atoms with Gasteiger partial charge in [0, 0.05) is 11.1 Å². The fraction of sp³-hybridized carbons (Fsp3) is 0.111. The summed E-state index contributed by atoms with van der Waals surface area (Å²) in [6.07, 6.45) is -1.03. The van der Waals surface area contributed by atoms with Gasteiger partial charge in [-0.1, -0.05) is 36.4 Å². The van der Waals surface area contributed by atoms with Crippen LogP contribution in [0.5, 0.6) is 0 Å². The molecular weight excluding hydrogens is 322 g/mol. The SMILES string of the molecule is C[C@@H](OC(=O)c1n[nH]c(=O)c2ccccc12)C(=O)Nc1ccccc1. The average Bonchev–Trinajstić information content (AvgIpc) is 2.63. The molecule has 1 atom stereocenters. The number of carbonyl (C=O) groups is 2. The van der Waals surface area contributed by atoms with Crippen LogP contribution in [0.2, 0.25) is 0 Å². The number of aromatic amines is 1. The number of carbonyl (C=O) groups excluding carboxylic acids is 2. The molecule has 25 heavy (non-hydrogen) atoms.